The lowest BCUT2D eigenvalue weighted by Crippen LogP contribution is -2.24. The maximum Gasteiger partial charge on any atom is 0.307 e. The molecule has 25 heavy (non-hydrogen) atoms. The van der Waals surface area contributed by atoms with E-state index in [9.17, 15) is 9.59 Å². The van der Waals surface area contributed by atoms with Gasteiger partial charge in [-0.1, -0.05) is 40.9 Å². The van der Waals surface area contributed by atoms with Crippen molar-refractivity contribution in [2.75, 3.05) is 6.54 Å². The highest BCUT2D eigenvalue weighted by atomic mass is 79.9. The van der Waals surface area contributed by atoms with Crippen molar-refractivity contribution in [3.8, 4) is 11.3 Å². The quantitative estimate of drug-likeness (QED) is 0.334. The lowest BCUT2D eigenvalue weighted by Gasteiger charge is -2.03. The van der Waals surface area contributed by atoms with Gasteiger partial charge in [0.2, 0.25) is 5.91 Å². The van der Waals surface area contributed by atoms with Gasteiger partial charge in [-0.05, 0) is 25.0 Å². The Labute approximate surface area is 153 Å². The number of aromatic nitrogens is 1. The Kier molecular flexibility index (Phi) is 7.62. The predicted molar refractivity (Wildman–Crippen MR) is 95.0 cm³/mol. The van der Waals surface area contributed by atoms with Crippen LogP contribution in [-0.2, 0) is 4.79 Å². The van der Waals surface area contributed by atoms with E-state index in [1.54, 1.807) is 5.48 Å². The van der Waals surface area contributed by atoms with Gasteiger partial charge in [0.25, 0.3) is 5.89 Å². The van der Waals surface area contributed by atoms with Gasteiger partial charge in [0.05, 0.1) is 6.20 Å². The zero-order valence-corrected chi connectivity index (χ0v) is 15.2. The van der Waals surface area contributed by atoms with E-state index in [-0.39, 0.29) is 17.7 Å². The van der Waals surface area contributed by atoms with Crippen LogP contribution in [0.2, 0.25) is 0 Å². The Morgan fingerprint density at radius 3 is 2.76 bits per heavy atom. The van der Waals surface area contributed by atoms with Gasteiger partial charge in [0.15, 0.2) is 5.76 Å². The summed E-state index contributed by atoms with van der Waals surface area (Å²) < 4.78 is 6.43. The Morgan fingerprint density at radius 1 is 1.20 bits per heavy atom. The molecule has 0 saturated heterocycles. The third-order valence-corrected chi connectivity index (χ3v) is 4.04. The minimum absolute atomic E-state index is 0.0367. The SMILES string of the molecule is O=C(CCCCCCNC(=O)c1ncc(-c2cccc(Br)c2)o1)NO. The molecule has 134 valence electrons. The molecule has 0 bridgehead atoms. The number of nitrogens with one attached hydrogen (secondary N) is 2. The van der Waals surface area contributed by atoms with Gasteiger partial charge in [-0.2, -0.15) is 0 Å². The molecule has 3 N–H and O–H groups in total. The van der Waals surface area contributed by atoms with Crippen LogP contribution in [0.15, 0.2) is 39.4 Å². The minimum Gasteiger partial charge on any atom is -0.432 e. The Hall–Kier alpha value is -2.19. The molecule has 7 nitrogen and oxygen atoms in total. The zero-order valence-electron chi connectivity index (χ0n) is 13.6. The summed E-state index contributed by atoms with van der Waals surface area (Å²) in [4.78, 5) is 26.9. The van der Waals surface area contributed by atoms with E-state index in [0.29, 0.717) is 25.1 Å². The number of halogens is 1. The highest BCUT2D eigenvalue weighted by molar-refractivity contribution is 9.10. The van der Waals surface area contributed by atoms with Gasteiger partial charge >= 0.3 is 5.91 Å². The van der Waals surface area contributed by atoms with Crippen LogP contribution in [0.25, 0.3) is 11.3 Å². The van der Waals surface area contributed by atoms with Crippen molar-refractivity contribution in [3.63, 3.8) is 0 Å². The average Bonchev–Trinajstić information content (AvgIpc) is 3.10. The Morgan fingerprint density at radius 2 is 2.00 bits per heavy atom. The highest BCUT2D eigenvalue weighted by Crippen LogP contribution is 2.23. The second kappa shape index (κ2) is 9.95. The fourth-order valence-corrected chi connectivity index (χ4v) is 2.65. The van der Waals surface area contributed by atoms with Crippen molar-refractivity contribution in [3.05, 3.63) is 40.8 Å². The van der Waals surface area contributed by atoms with E-state index >= 15 is 0 Å². The zero-order chi connectivity index (χ0) is 18.1. The van der Waals surface area contributed by atoms with E-state index < -0.39 is 0 Å². The van der Waals surface area contributed by atoms with E-state index in [0.717, 1.165) is 29.3 Å². The van der Waals surface area contributed by atoms with Crippen LogP contribution in [-0.4, -0.2) is 28.6 Å². The predicted octanol–water partition coefficient (Wildman–Crippen LogP) is 3.29. The monoisotopic (exact) mass is 409 g/mol. The second-order valence-corrected chi connectivity index (χ2v) is 6.41. The number of oxazole rings is 1. The van der Waals surface area contributed by atoms with Gasteiger partial charge in [-0.15, -0.1) is 0 Å². The lowest BCUT2D eigenvalue weighted by atomic mass is 10.1. The van der Waals surface area contributed by atoms with Crippen LogP contribution in [0, 0.1) is 0 Å². The topological polar surface area (TPSA) is 104 Å². The van der Waals surface area contributed by atoms with Crippen LogP contribution in [0.1, 0.15) is 42.8 Å². The molecular weight excluding hydrogens is 390 g/mol. The number of amides is 2. The smallest absolute Gasteiger partial charge is 0.307 e. The van der Waals surface area contributed by atoms with Gasteiger partial charge in [-0.3, -0.25) is 14.8 Å². The number of carbonyl (C=O) groups excluding carboxylic acids is 2. The largest absolute Gasteiger partial charge is 0.432 e. The summed E-state index contributed by atoms with van der Waals surface area (Å²) in [6.07, 6.45) is 5.07. The standard InChI is InChI=1S/C17H20BrN3O4/c18-13-7-5-6-12(10-13)14-11-20-17(25-14)16(23)19-9-4-2-1-3-8-15(22)21-24/h5-7,10-11,24H,1-4,8-9H2,(H,19,23)(H,21,22). The molecule has 0 aliphatic rings. The number of benzene rings is 1. The Balaban J connectivity index is 1.70. The molecule has 2 rings (SSSR count). The van der Waals surface area contributed by atoms with E-state index in [1.807, 2.05) is 24.3 Å². The van der Waals surface area contributed by atoms with E-state index in [4.69, 9.17) is 9.62 Å². The van der Waals surface area contributed by atoms with Crippen molar-refractivity contribution < 1.29 is 19.2 Å². The first-order chi connectivity index (χ1) is 12.1. The van der Waals surface area contributed by atoms with E-state index in [2.05, 4.69) is 26.2 Å². The van der Waals surface area contributed by atoms with Crippen molar-refractivity contribution in [1.29, 1.82) is 0 Å². The number of hydroxylamine groups is 1. The van der Waals surface area contributed by atoms with Gasteiger partial charge < -0.3 is 9.73 Å². The molecule has 1 aromatic carbocycles. The van der Waals surface area contributed by atoms with Crippen molar-refractivity contribution >= 4 is 27.7 Å². The summed E-state index contributed by atoms with van der Waals surface area (Å²) in [7, 11) is 0. The van der Waals surface area contributed by atoms with Crippen LogP contribution in [0.5, 0.6) is 0 Å². The van der Waals surface area contributed by atoms with Gasteiger partial charge in [0.1, 0.15) is 0 Å². The van der Waals surface area contributed by atoms with Crippen molar-refractivity contribution in [2.24, 2.45) is 0 Å². The first-order valence-electron chi connectivity index (χ1n) is 8.03. The molecule has 0 aliphatic heterocycles. The van der Waals surface area contributed by atoms with Gasteiger partial charge in [-0.25, -0.2) is 10.5 Å². The van der Waals surface area contributed by atoms with Crippen LogP contribution < -0.4 is 10.8 Å². The number of hydrogen-bond acceptors (Lipinski definition) is 5. The summed E-state index contributed by atoms with van der Waals surface area (Å²) in [5.74, 6) is -0.150. The fourth-order valence-electron chi connectivity index (χ4n) is 2.25. The molecule has 0 radical (unpaired) electrons. The van der Waals surface area contributed by atoms with Crippen LogP contribution in [0.4, 0.5) is 0 Å². The summed E-state index contributed by atoms with van der Waals surface area (Å²) in [6, 6.07) is 7.55. The molecular formula is C17H20BrN3O4. The first kappa shape index (κ1) is 19.1. The normalized spacial score (nSPS) is 10.5. The highest BCUT2D eigenvalue weighted by Gasteiger charge is 2.13. The summed E-state index contributed by atoms with van der Waals surface area (Å²) in [5, 5.41) is 11.1. The van der Waals surface area contributed by atoms with Crippen LogP contribution >= 0.6 is 15.9 Å². The average molecular weight is 410 g/mol. The summed E-state index contributed by atoms with van der Waals surface area (Å²) >= 11 is 3.39. The van der Waals surface area contributed by atoms with Crippen molar-refractivity contribution in [2.45, 2.75) is 32.1 Å². The molecule has 0 saturated carbocycles. The molecule has 0 atom stereocenters. The number of carbonyl (C=O) groups is 2. The molecule has 0 unspecified atom stereocenters. The third-order valence-electron chi connectivity index (χ3n) is 3.55. The summed E-state index contributed by atoms with van der Waals surface area (Å²) in [5.41, 5.74) is 2.44. The minimum atomic E-state index is -0.376. The molecule has 0 aliphatic carbocycles. The first-order valence-corrected chi connectivity index (χ1v) is 8.82. The molecule has 2 amide bonds. The number of nitrogens with zero attached hydrogens (tertiary/aromatic N) is 1. The molecule has 8 heteroatoms. The molecule has 0 fully saturated rings. The molecule has 1 heterocycles. The van der Waals surface area contributed by atoms with Crippen molar-refractivity contribution in [1.82, 2.24) is 15.8 Å². The van der Waals surface area contributed by atoms with E-state index in [1.165, 1.54) is 6.20 Å². The van der Waals surface area contributed by atoms with Crippen LogP contribution in [0.3, 0.4) is 0 Å². The fraction of sp³-hybridized carbons (Fsp3) is 0.353. The molecule has 2 aromatic rings. The number of unbranched alkanes of at least 4 members (excludes halogenated alkanes) is 3. The maximum atomic E-state index is 12.0. The Bertz CT molecular complexity index is 717. The number of hydrogen-bond donors (Lipinski definition) is 3. The van der Waals surface area contributed by atoms with Gasteiger partial charge in [0, 0.05) is 23.0 Å². The maximum absolute atomic E-state index is 12.0. The third kappa shape index (κ3) is 6.32. The number of rotatable bonds is 9. The molecule has 0 spiro atoms. The summed E-state index contributed by atoms with van der Waals surface area (Å²) in [6.45, 7) is 0.514. The molecule has 1 aromatic heterocycles. The lowest BCUT2D eigenvalue weighted by molar-refractivity contribution is -0.129. The second-order valence-electron chi connectivity index (χ2n) is 5.50.